The van der Waals surface area contributed by atoms with Gasteiger partial charge in [0, 0.05) is 54.2 Å². The molecule has 6 rings (SSSR count). The molecule has 7 nitrogen and oxygen atoms in total. The van der Waals surface area contributed by atoms with E-state index in [1.165, 1.54) is 5.56 Å². The fourth-order valence-corrected chi connectivity index (χ4v) is 5.08. The summed E-state index contributed by atoms with van der Waals surface area (Å²) >= 11 is 0. The highest BCUT2D eigenvalue weighted by molar-refractivity contribution is 6.10. The second kappa shape index (κ2) is 9.48. The van der Waals surface area contributed by atoms with Crippen LogP contribution in [0.2, 0.25) is 0 Å². The lowest BCUT2D eigenvalue weighted by Crippen LogP contribution is -2.21. The molecular formula is C33H28N6O. The summed E-state index contributed by atoms with van der Waals surface area (Å²) in [5, 5.41) is 11.5. The van der Waals surface area contributed by atoms with Crippen molar-refractivity contribution in [3.05, 3.63) is 108 Å². The number of nitrogens with zero attached hydrogens (tertiary/aromatic N) is 6. The normalized spacial score (nSPS) is 13.2. The molecule has 2 aromatic heterocycles. The van der Waals surface area contributed by atoms with E-state index in [1.54, 1.807) is 6.07 Å². The van der Waals surface area contributed by atoms with E-state index in [4.69, 9.17) is 16.3 Å². The lowest BCUT2D eigenvalue weighted by atomic mass is 9.88. The molecule has 40 heavy (non-hydrogen) atoms. The third-order valence-electron chi connectivity index (χ3n) is 7.16. The van der Waals surface area contributed by atoms with Gasteiger partial charge in [0.25, 0.3) is 0 Å². The number of pyridine rings is 1. The van der Waals surface area contributed by atoms with Crippen molar-refractivity contribution in [3.63, 3.8) is 0 Å². The maximum atomic E-state index is 9.56. The van der Waals surface area contributed by atoms with Crippen LogP contribution in [0.4, 0.5) is 11.4 Å². The first-order valence-electron chi connectivity index (χ1n) is 13.0. The second-order valence-electron chi connectivity index (χ2n) is 11.1. The predicted octanol–water partition coefficient (Wildman–Crippen LogP) is 7.87. The quantitative estimate of drug-likeness (QED) is 0.224. The summed E-state index contributed by atoms with van der Waals surface area (Å²) in [7, 11) is 2.01. The number of hydrogen-bond donors (Lipinski definition) is 0. The molecule has 0 bridgehead atoms. The van der Waals surface area contributed by atoms with Crippen LogP contribution in [0.3, 0.4) is 0 Å². The van der Waals surface area contributed by atoms with Crippen LogP contribution < -0.4 is 9.64 Å². The Bertz CT molecular complexity index is 1900. The van der Waals surface area contributed by atoms with Crippen molar-refractivity contribution in [2.24, 2.45) is 0 Å². The van der Waals surface area contributed by atoms with Crippen LogP contribution >= 0.6 is 0 Å². The number of aromatic nitrogens is 2. The van der Waals surface area contributed by atoms with Gasteiger partial charge >= 0.3 is 0 Å². The molecule has 0 saturated carbocycles. The van der Waals surface area contributed by atoms with Gasteiger partial charge in [-0.2, -0.15) is 5.26 Å². The maximum Gasteiger partial charge on any atom is 0.192 e. The minimum Gasteiger partial charge on any atom is -0.459 e. The van der Waals surface area contributed by atoms with E-state index in [2.05, 4.69) is 58.2 Å². The van der Waals surface area contributed by atoms with Crippen LogP contribution in [0.5, 0.6) is 11.5 Å². The van der Waals surface area contributed by atoms with Crippen LogP contribution in [0.25, 0.3) is 32.5 Å². The van der Waals surface area contributed by atoms with Gasteiger partial charge in [-0.05, 0) is 65.6 Å². The van der Waals surface area contributed by atoms with Crippen LogP contribution in [-0.2, 0) is 5.41 Å². The summed E-state index contributed by atoms with van der Waals surface area (Å²) in [6.07, 6.45) is 5.84. The molecule has 0 fully saturated rings. The Kier molecular flexibility index (Phi) is 5.93. The molecule has 196 valence electrons. The Morgan fingerprint density at radius 3 is 2.50 bits per heavy atom. The lowest BCUT2D eigenvalue weighted by molar-refractivity contribution is 0.481. The number of fused-ring (bicyclic) bond motifs is 3. The smallest absolute Gasteiger partial charge is 0.192 e. The largest absolute Gasteiger partial charge is 0.459 e. The SMILES string of the molecule is [C-]#[N+]c1cc(Oc2ccc3c4cc(C#N)ccc4n(-c4cc(C(C)(C)C)ccn4)c3c2)cc(N2C=CN(C)C2)c1. The van der Waals surface area contributed by atoms with Gasteiger partial charge < -0.3 is 14.5 Å². The van der Waals surface area contributed by atoms with E-state index >= 15 is 0 Å². The molecule has 0 saturated heterocycles. The number of anilines is 1. The number of hydrogen-bond acceptors (Lipinski definition) is 5. The molecule has 3 aromatic carbocycles. The van der Waals surface area contributed by atoms with E-state index in [0.29, 0.717) is 29.4 Å². The van der Waals surface area contributed by atoms with E-state index in [-0.39, 0.29) is 5.41 Å². The Balaban J connectivity index is 1.49. The van der Waals surface area contributed by atoms with Gasteiger partial charge in [0.2, 0.25) is 0 Å². The summed E-state index contributed by atoms with van der Waals surface area (Å²) in [6.45, 7) is 14.9. The van der Waals surface area contributed by atoms with E-state index in [9.17, 15) is 5.26 Å². The molecule has 0 unspecified atom stereocenters. The Morgan fingerprint density at radius 2 is 1.77 bits per heavy atom. The highest BCUT2D eigenvalue weighted by atomic mass is 16.5. The van der Waals surface area contributed by atoms with Gasteiger partial charge in [0.1, 0.15) is 17.3 Å². The fourth-order valence-electron chi connectivity index (χ4n) is 5.08. The first-order valence-corrected chi connectivity index (χ1v) is 13.0. The lowest BCUT2D eigenvalue weighted by Gasteiger charge is -2.20. The number of nitriles is 1. The molecule has 0 spiro atoms. The van der Waals surface area contributed by atoms with E-state index in [1.807, 2.05) is 74.2 Å². The standard InChI is InChI=1S/C33H28N6O/c1-33(2,3)23-10-11-36-32(15-23)39-30-9-6-22(20-34)14-29(30)28-8-7-26(19-31(28)39)40-27-17-24(35-4)16-25(18-27)38-13-12-37(5)21-38/h6-19H,21H2,1-3,5H3. The number of benzene rings is 3. The fraction of sp³-hybridized carbons (Fsp3) is 0.182. The summed E-state index contributed by atoms with van der Waals surface area (Å²) in [5.41, 5.74) is 5.04. The highest BCUT2D eigenvalue weighted by Crippen LogP contribution is 2.38. The molecule has 0 aliphatic carbocycles. The van der Waals surface area contributed by atoms with Crippen LogP contribution in [0.1, 0.15) is 31.9 Å². The predicted molar refractivity (Wildman–Crippen MR) is 159 cm³/mol. The van der Waals surface area contributed by atoms with E-state index in [0.717, 1.165) is 33.3 Å². The molecule has 7 heteroatoms. The van der Waals surface area contributed by atoms with Gasteiger partial charge in [-0.15, -0.1) is 0 Å². The third kappa shape index (κ3) is 4.48. The van der Waals surface area contributed by atoms with Gasteiger partial charge in [-0.25, -0.2) is 9.83 Å². The summed E-state index contributed by atoms with van der Waals surface area (Å²) < 4.78 is 8.50. The Labute approximate surface area is 233 Å². The summed E-state index contributed by atoms with van der Waals surface area (Å²) in [5.74, 6) is 2.04. The summed E-state index contributed by atoms with van der Waals surface area (Å²) in [6, 6.07) is 23.7. The third-order valence-corrected chi connectivity index (χ3v) is 7.16. The molecule has 5 aromatic rings. The zero-order valence-corrected chi connectivity index (χ0v) is 22.9. The zero-order chi connectivity index (χ0) is 28.0. The number of rotatable bonds is 4. The minimum absolute atomic E-state index is 0.0380. The molecule has 1 aliphatic rings. The van der Waals surface area contributed by atoms with Crippen molar-refractivity contribution in [1.29, 1.82) is 5.26 Å². The zero-order valence-electron chi connectivity index (χ0n) is 22.9. The van der Waals surface area contributed by atoms with Crippen molar-refractivity contribution < 1.29 is 4.74 Å². The second-order valence-corrected chi connectivity index (χ2v) is 11.1. The molecule has 1 aliphatic heterocycles. The molecule has 0 N–H and O–H groups in total. The molecule has 0 atom stereocenters. The molecule has 0 amide bonds. The molecular weight excluding hydrogens is 496 g/mol. The highest BCUT2D eigenvalue weighted by Gasteiger charge is 2.19. The Morgan fingerprint density at radius 1 is 0.925 bits per heavy atom. The maximum absolute atomic E-state index is 9.56. The monoisotopic (exact) mass is 524 g/mol. The summed E-state index contributed by atoms with van der Waals surface area (Å²) in [4.78, 5) is 12.6. The molecule has 3 heterocycles. The van der Waals surface area contributed by atoms with Gasteiger partial charge in [0.05, 0.1) is 35.9 Å². The van der Waals surface area contributed by atoms with Gasteiger partial charge in [-0.1, -0.05) is 20.8 Å². The first kappa shape index (κ1) is 25.0. The van der Waals surface area contributed by atoms with Crippen LogP contribution in [0.15, 0.2) is 85.3 Å². The first-order chi connectivity index (χ1) is 19.2. The average Bonchev–Trinajstić information content (AvgIpc) is 3.52. The van der Waals surface area contributed by atoms with Crippen molar-refractivity contribution >= 4 is 33.2 Å². The van der Waals surface area contributed by atoms with Crippen LogP contribution in [0, 0.1) is 17.9 Å². The van der Waals surface area contributed by atoms with Crippen molar-refractivity contribution in [2.75, 3.05) is 18.6 Å². The van der Waals surface area contributed by atoms with Gasteiger partial charge in [-0.3, -0.25) is 4.57 Å². The van der Waals surface area contributed by atoms with Crippen molar-refractivity contribution in [3.8, 4) is 23.4 Å². The van der Waals surface area contributed by atoms with Gasteiger partial charge in [0.15, 0.2) is 5.69 Å². The van der Waals surface area contributed by atoms with E-state index < -0.39 is 0 Å². The average molecular weight is 525 g/mol. The van der Waals surface area contributed by atoms with Crippen LogP contribution in [-0.4, -0.2) is 28.2 Å². The molecule has 0 radical (unpaired) electrons. The topological polar surface area (TPSA) is 61.7 Å². The van der Waals surface area contributed by atoms with Crippen molar-refractivity contribution in [1.82, 2.24) is 14.5 Å². The minimum atomic E-state index is -0.0380. The number of ether oxygens (including phenoxy) is 1. The Hall–Kier alpha value is -5.27. The van der Waals surface area contributed by atoms with Crippen molar-refractivity contribution in [2.45, 2.75) is 26.2 Å².